The standard InChI is InChI=1S/C13H22N2O2S/c1-9(2)8-17-13-11(14)4-5-12(15-13)18-10(3)6-7-16/h4-5,9-10,16H,6-8,14H2,1-3H3. The quantitative estimate of drug-likeness (QED) is 0.745. The number of aliphatic hydroxyl groups excluding tert-OH is 1. The fourth-order valence-electron chi connectivity index (χ4n) is 1.31. The molecule has 0 saturated carbocycles. The van der Waals surface area contributed by atoms with Crippen LogP contribution >= 0.6 is 11.8 Å². The van der Waals surface area contributed by atoms with E-state index < -0.39 is 0 Å². The van der Waals surface area contributed by atoms with Gasteiger partial charge < -0.3 is 15.6 Å². The molecule has 0 saturated heterocycles. The monoisotopic (exact) mass is 270 g/mol. The molecule has 0 spiro atoms. The van der Waals surface area contributed by atoms with Crippen molar-refractivity contribution in [1.82, 2.24) is 4.98 Å². The molecule has 1 rings (SSSR count). The number of ether oxygens (including phenoxy) is 1. The fourth-order valence-corrected chi connectivity index (χ4v) is 2.23. The number of aliphatic hydroxyl groups is 1. The number of hydrogen-bond donors (Lipinski definition) is 2. The molecular weight excluding hydrogens is 248 g/mol. The van der Waals surface area contributed by atoms with Gasteiger partial charge in [-0.2, -0.15) is 0 Å². The Bertz CT molecular complexity index is 372. The molecule has 0 aromatic carbocycles. The molecule has 1 heterocycles. The van der Waals surface area contributed by atoms with Gasteiger partial charge in [0.15, 0.2) is 0 Å². The lowest BCUT2D eigenvalue weighted by atomic mass is 10.2. The Hall–Kier alpha value is -0.940. The van der Waals surface area contributed by atoms with Crippen LogP contribution in [0.5, 0.6) is 5.88 Å². The number of nitrogens with zero attached hydrogens (tertiary/aromatic N) is 1. The minimum absolute atomic E-state index is 0.194. The SMILES string of the molecule is CC(C)COc1nc(SC(C)CCO)ccc1N. The summed E-state index contributed by atoms with van der Waals surface area (Å²) in [5, 5.41) is 10.1. The fraction of sp³-hybridized carbons (Fsp3) is 0.615. The van der Waals surface area contributed by atoms with E-state index in [-0.39, 0.29) is 6.61 Å². The van der Waals surface area contributed by atoms with Gasteiger partial charge in [0, 0.05) is 11.9 Å². The Morgan fingerprint density at radius 1 is 1.39 bits per heavy atom. The number of nitrogen functional groups attached to an aromatic ring is 1. The Morgan fingerprint density at radius 2 is 2.11 bits per heavy atom. The average molecular weight is 270 g/mol. The van der Waals surface area contributed by atoms with Gasteiger partial charge in [0.2, 0.25) is 5.88 Å². The van der Waals surface area contributed by atoms with Gasteiger partial charge >= 0.3 is 0 Å². The van der Waals surface area contributed by atoms with E-state index in [4.69, 9.17) is 15.6 Å². The average Bonchev–Trinajstić information content (AvgIpc) is 2.30. The molecule has 0 amide bonds. The first-order valence-corrected chi connectivity index (χ1v) is 7.07. The molecular formula is C13H22N2O2S. The van der Waals surface area contributed by atoms with E-state index in [0.29, 0.717) is 29.3 Å². The van der Waals surface area contributed by atoms with Crippen molar-refractivity contribution in [2.45, 2.75) is 37.5 Å². The smallest absolute Gasteiger partial charge is 0.238 e. The first-order valence-electron chi connectivity index (χ1n) is 6.19. The lowest BCUT2D eigenvalue weighted by Gasteiger charge is -2.13. The molecule has 0 bridgehead atoms. The van der Waals surface area contributed by atoms with Crippen molar-refractivity contribution in [1.29, 1.82) is 0 Å². The van der Waals surface area contributed by atoms with Crippen molar-refractivity contribution < 1.29 is 9.84 Å². The zero-order valence-electron chi connectivity index (χ0n) is 11.2. The summed E-state index contributed by atoms with van der Waals surface area (Å²) in [6.07, 6.45) is 0.749. The molecule has 0 aliphatic heterocycles. The van der Waals surface area contributed by atoms with Crippen molar-refractivity contribution in [3.8, 4) is 5.88 Å². The van der Waals surface area contributed by atoms with E-state index in [0.717, 1.165) is 11.4 Å². The highest BCUT2D eigenvalue weighted by Gasteiger charge is 2.09. The van der Waals surface area contributed by atoms with Gasteiger partial charge in [-0.15, -0.1) is 11.8 Å². The van der Waals surface area contributed by atoms with Crippen LogP contribution in [0.1, 0.15) is 27.2 Å². The first-order chi connectivity index (χ1) is 8.52. The molecule has 1 atom stereocenters. The molecule has 1 unspecified atom stereocenters. The second-order valence-electron chi connectivity index (χ2n) is 4.69. The molecule has 0 aliphatic carbocycles. The van der Waals surface area contributed by atoms with Gasteiger partial charge in [-0.1, -0.05) is 20.8 Å². The van der Waals surface area contributed by atoms with Crippen LogP contribution < -0.4 is 10.5 Å². The van der Waals surface area contributed by atoms with Crippen LogP contribution in [0.2, 0.25) is 0 Å². The minimum atomic E-state index is 0.194. The second kappa shape index (κ2) is 7.48. The summed E-state index contributed by atoms with van der Waals surface area (Å²) in [6, 6.07) is 3.70. The third-order valence-electron chi connectivity index (χ3n) is 2.28. The van der Waals surface area contributed by atoms with Gasteiger partial charge in [-0.3, -0.25) is 0 Å². The lowest BCUT2D eigenvalue weighted by Crippen LogP contribution is -2.08. The minimum Gasteiger partial charge on any atom is -0.476 e. The lowest BCUT2D eigenvalue weighted by molar-refractivity contribution is 0.261. The molecule has 1 aromatic rings. The van der Waals surface area contributed by atoms with Gasteiger partial charge in [-0.25, -0.2) is 4.98 Å². The molecule has 4 nitrogen and oxygen atoms in total. The third kappa shape index (κ3) is 5.14. The summed E-state index contributed by atoms with van der Waals surface area (Å²) < 4.78 is 5.58. The second-order valence-corrected chi connectivity index (χ2v) is 6.15. The van der Waals surface area contributed by atoms with E-state index in [1.165, 1.54) is 0 Å². The molecule has 0 radical (unpaired) electrons. The van der Waals surface area contributed by atoms with Crippen LogP contribution in [0.4, 0.5) is 5.69 Å². The summed E-state index contributed by atoms with van der Waals surface area (Å²) in [4.78, 5) is 4.40. The zero-order chi connectivity index (χ0) is 13.5. The number of pyridine rings is 1. The topological polar surface area (TPSA) is 68.4 Å². The maximum atomic E-state index is 8.88. The van der Waals surface area contributed by atoms with Crippen molar-refractivity contribution in [2.24, 2.45) is 5.92 Å². The van der Waals surface area contributed by atoms with Crippen LogP contribution in [-0.4, -0.2) is 28.6 Å². The number of hydrogen-bond acceptors (Lipinski definition) is 5. The van der Waals surface area contributed by atoms with Gasteiger partial charge in [0.1, 0.15) is 5.03 Å². The van der Waals surface area contributed by atoms with E-state index in [1.807, 2.05) is 12.1 Å². The molecule has 18 heavy (non-hydrogen) atoms. The highest BCUT2D eigenvalue weighted by molar-refractivity contribution is 7.99. The maximum absolute atomic E-state index is 8.88. The Labute approximate surface area is 113 Å². The van der Waals surface area contributed by atoms with E-state index in [2.05, 4.69) is 25.8 Å². The third-order valence-corrected chi connectivity index (χ3v) is 3.38. The molecule has 5 heteroatoms. The van der Waals surface area contributed by atoms with Crippen molar-refractivity contribution in [3.05, 3.63) is 12.1 Å². The molecule has 0 fully saturated rings. The molecule has 3 N–H and O–H groups in total. The molecule has 0 aliphatic rings. The summed E-state index contributed by atoms with van der Waals surface area (Å²) in [6.45, 7) is 7.03. The van der Waals surface area contributed by atoms with Crippen LogP contribution in [0.3, 0.4) is 0 Å². The Kier molecular flexibility index (Phi) is 6.29. The van der Waals surface area contributed by atoms with Crippen molar-refractivity contribution in [2.75, 3.05) is 18.9 Å². The summed E-state index contributed by atoms with van der Waals surface area (Å²) in [5.74, 6) is 0.945. The van der Waals surface area contributed by atoms with Crippen molar-refractivity contribution in [3.63, 3.8) is 0 Å². The predicted octanol–water partition coefficient (Wildman–Crippen LogP) is 2.56. The van der Waals surface area contributed by atoms with Crippen LogP contribution in [0, 0.1) is 5.92 Å². The van der Waals surface area contributed by atoms with Crippen molar-refractivity contribution >= 4 is 17.4 Å². The highest BCUT2D eigenvalue weighted by Crippen LogP contribution is 2.28. The number of thioether (sulfide) groups is 1. The maximum Gasteiger partial charge on any atom is 0.238 e. The number of anilines is 1. The Morgan fingerprint density at radius 3 is 2.72 bits per heavy atom. The van der Waals surface area contributed by atoms with Crippen LogP contribution in [0.15, 0.2) is 17.2 Å². The highest BCUT2D eigenvalue weighted by atomic mass is 32.2. The van der Waals surface area contributed by atoms with E-state index in [9.17, 15) is 0 Å². The largest absolute Gasteiger partial charge is 0.476 e. The molecule has 102 valence electrons. The van der Waals surface area contributed by atoms with Gasteiger partial charge in [-0.05, 0) is 24.5 Å². The first kappa shape index (κ1) is 15.1. The number of rotatable bonds is 7. The van der Waals surface area contributed by atoms with E-state index >= 15 is 0 Å². The normalized spacial score (nSPS) is 12.7. The summed E-state index contributed by atoms with van der Waals surface area (Å²) >= 11 is 1.62. The summed E-state index contributed by atoms with van der Waals surface area (Å²) in [7, 11) is 0. The van der Waals surface area contributed by atoms with Gasteiger partial charge in [0.05, 0.1) is 12.3 Å². The van der Waals surface area contributed by atoms with Crippen LogP contribution in [-0.2, 0) is 0 Å². The zero-order valence-corrected chi connectivity index (χ0v) is 12.0. The van der Waals surface area contributed by atoms with Crippen LogP contribution in [0.25, 0.3) is 0 Å². The Balaban J connectivity index is 2.67. The van der Waals surface area contributed by atoms with Gasteiger partial charge in [0.25, 0.3) is 0 Å². The molecule has 1 aromatic heterocycles. The number of aromatic nitrogens is 1. The number of nitrogens with two attached hydrogens (primary N) is 1. The predicted molar refractivity (Wildman–Crippen MR) is 76.0 cm³/mol. The summed E-state index contributed by atoms with van der Waals surface area (Å²) in [5.41, 5.74) is 6.39. The van der Waals surface area contributed by atoms with E-state index in [1.54, 1.807) is 11.8 Å².